The lowest BCUT2D eigenvalue weighted by Gasteiger charge is -2.13. The monoisotopic (exact) mass is 381 g/mol. The number of benzene rings is 1. The van der Waals surface area contributed by atoms with Crippen LogP contribution < -0.4 is 0 Å². The lowest BCUT2D eigenvalue weighted by atomic mass is 10.1. The number of fused-ring (bicyclic) bond motifs is 1. The number of ketones is 1. The Bertz CT molecular complexity index is 903. The molecule has 25 heavy (non-hydrogen) atoms. The highest BCUT2D eigenvalue weighted by molar-refractivity contribution is 8.02. The molecule has 0 radical (unpaired) electrons. The zero-order valence-electron chi connectivity index (χ0n) is 13.7. The highest BCUT2D eigenvalue weighted by atomic mass is 32.2. The summed E-state index contributed by atoms with van der Waals surface area (Å²) in [5.74, 6) is -0.440. The SMILES string of the molecule is C[C@H](OC(=O)CS[C@H]1CCS(=O)(=O)C1)C(=O)c1c[nH]c2ccccc12. The number of hydrogen-bond acceptors (Lipinski definition) is 6. The minimum absolute atomic E-state index is 0.0473. The van der Waals surface area contributed by atoms with Crippen LogP contribution in [0, 0.1) is 0 Å². The van der Waals surface area contributed by atoms with E-state index in [2.05, 4.69) is 4.98 Å². The van der Waals surface area contributed by atoms with E-state index in [0.29, 0.717) is 12.0 Å². The summed E-state index contributed by atoms with van der Waals surface area (Å²) < 4.78 is 28.1. The molecule has 1 aliphatic rings. The molecule has 3 rings (SSSR count). The molecule has 0 spiro atoms. The first-order chi connectivity index (χ1) is 11.9. The highest BCUT2D eigenvalue weighted by Gasteiger charge is 2.29. The van der Waals surface area contributed by atoms with Crippen molar-refractivity contribution in [1.29, 1.82) is 0 Å². The number of esters is 1. The number of carbonyl (C=O) groups is 2. The number of ether oxygens (including phenoxy) is 1. The average molecular weight is 381 g/mol. The molecule has 1 aliphatic heterocycles. The normalized spacial score (nSPS) is 20.4. The van der Waals surface area contributed by atoms with Gasteiger partial charge in [-0.3, -0.25) is 9.59 Å². The molecule has 2 heterocycles. The van der Waals surface area contributed by atoms with E-state index in [1.807, 2.05) is 24.3 Å². The molecule has 0 aliphatic carbocycles. The molecule has 1 N–H and O–H groups in total. The van der Waals surface area contributed by atoms with Crippen molar-refractivity contribution in [2.45, 2.75) is 24.7 Å². The summed E-state index contributed by atoms with van der Waals surface area (Å²) in [6.45, 7) is 1.55. The molecule has 0 amide bonds. The third-order valence-corrected chi connectivity index (χ3v) is 7.41. The molecule has 2 atom stereocenters. The zero-order valence-corrected chi connectivity index (χ0v) is 15.4. The number of rotatable bonds is 6. The van der Waals surface area contributed by atoms with Crippen molar-refractivity contribution < 1.29 is 22.7 Å². The summed E-state index contributed by atoms with van der Waals surface area (Å²) in [7, 11) is -2.96. The molecule has 134 valence electrons. The summed E-state index contributed by atoms with van der Waals surface area (Å²) >= 11 is 1.28. The van der Waals surface area contributed by atoms with Crippen LogP contribution in [0.2, 0.25) is 0 Å². The fourth-order valence-corrected chi connectivity index (χ4v) is 6.28. The van der Waals surface area contributed by atoms with Gasteiger partial charge in [-0.1, -0.05) is 18.2 Å². The van der Waals surface area contributed by atoms with Crippen molar-refractivity contribution in [2.75, 3.05) is 17.3 Å². The van der Waals surface area contributed by atoms with Crippen LogP contribution in [0.4, 0.5) is 0 Å². The first-order valence-corrected chi connectivity index (χ1v) is 10.8. The largest absolute Gasteiger partial charge is 0.454 e. The highest BCUT2D eigenvalue weighted by Crippen LogP contribution is 2.25. The van der Waals surface area contributed by atoms with Crippen LogP contribution >= 0.6 is 11.8 Å². The Kier molecular flexibility index (Phi) is 5.19. The van der Waals surface area contributed by atoms with E-state index in [1.165, 1.54) is 11.8 Å². The van der Waals surface area contributed by atoms with Gasteiger partial charge >= 0.3 is 5.97 Å². The molecule has 0 unspecified atom stereocenters. The van der Waals surface area contributed by atoms with E-state index in [4.69, 9.17) is 4.74 Å². The van der Waals surface area contributed by atoms with Gasteiger partial charge in [0.1, 0.15) is 0 Å². The van der Waals surface area contributed by atoms with Crippen LogP contribution in [0.25, 0.3) is 10.9 Å². The standard InChI is InChI=1S/C17H19NO5S2/c1-11(17(20)14-8-18-15-5-3-2-4-13(14)15)23-16(19)9-24-12-6-7-25(21,22)10-12/h2-5,8,11-12,18H,6-7,9-10H2,1H3/t11-,12-/m0/s1. The van der Waals surface area contributed by atoms with Gasteiger partial charge in [-0.15, -0.1) is 11.8 Å². The molecule has 6 nitrogen and oxygen atoms in total. The lowest BCUT2D eigenvalue weighted by Crippen LogP contribution is -2.25. The summed E-state index contributed by atoms with van der Waals surface area (Å²) in [5, 5.41) is 0.720. The van der Waals surface area contributed by atoms with Crippen molar-refractivity contribution >= 4 is 44.3 Å². The maximum Gasteiger partial charge on any atom is 0.316 e. The Labute approximate surface area is 150 Å². The maximum atomic E-state index is 12.5. The van der Waals surface area contributed by atoms with E-state index in [0.717, 1.165) is 10.9 Å². The molecule has 1 saturated heterocycles. The van der Waals surface area contributed by atoms with Crippen molar-refractivity contribution in [1.82, 2.24) is 4.98 Å². The summed E-state index contributed by atoms with van der Waals surface area (Å²) in [5.41, 5.74) is 1.34. The molecule has 1 aromatic carbocycles. The predicted molar refractivity (Wildman–Crippen MR) is 97.7 cm³/mol. The molecule has 1 fully saturated rings. The molecule has 1 aromatic heterocycles. The van der Waals surface area contributed by atoms with Crippen LogP contribution in [0.15, 0.2) is 30.5 Å². The Morgan fingerprint density at radius 1 is 1.36 bits per heavy atom. The minimum atomic E-state index is -2.96. The van der Waals surface area contributed by atoms with Crippen molar-refractivity contribution in [3.63, 3.8) is 0 Å². The lowest BCUT2D eigenvalue weighted by molar-refractivity contribution is -0.143. The van der Waals surface area contributed by atoms with Gasteiger partial charge in [0, 0.05) is 27.9 Å². The Hall–Kier alpha value is -1.80. The number of Topliss-reactive ketones (excluding diaryl/α,β-unsaturated/α-hetero) is 1. The van der Waals surface area contributed by atoms with Crippen LogP contribution in [0.1, 0.15) is 23.7 Å². The number of hydrogen-bond donors (Lipinski definition) is 1. The number of thioether (sulfide) groups is 1. The van der Waals surface area contributed by atoms with Gasteiger partial charge in [-0.25, -0.2) is 8.42 Å². The number of carbonyl (C=O) groups excluding carboxylic acids is 2. The van der Waals surface area contributed by atoms with Gasteiger partial charge in [0.05, 0.1) is 17.3 Å². The first-order valence-electron chi connectivity index (χ1n) is 7.97. The quantitative estimate of drug-likeness (QED) is 0.609. The third-order valence-electron chi connectivity index (χ3n) is 4.16. The fourth-order valence-electron chi connectivity index (χ4n) is 2.86. The van der Waals surface area contributed by atoms with Crippen LogP contribution in [-0.2, 0) is 19.4 Å². The van der Waals surface area contributed by atoms with Crippen molar-refractivity contribution in [3.05, 3.63) is 36.0 Å². The Balaban J connectivity index is 1.55. The van der Waals surface area contributed by atoms with E-state index in [9.17, 15) is 18.0 Å². The number of aromatic nitrogens is 1. The van der Waals surface area contributed by atoms with Crippen molar-refractivity contribution in [2.24, 2.45) is 0 Å². The second kappa shape index (κ2) is 7.21. The van der Waals surface area contributed by atoms with E-state index < -0.39 is 21.9 Å². The molecule has 0 bridgehead atoms. The number of para-hydroxylation sites is 1. The summed E-state index contributed by atoms with van der Waals surface area (Å²) in [6.07, 6.45) is 1.29. The van der Waals surface area contributed by atoms with Gasteiger partial charge in [-0.2, -0.15) is 0 Å². The fraction of sp³-hybridized carbons (Fsp3) is 0.412. The molecule has 2 aromatic rings. The molecular weight excluding hydrogens is 362 g/mol. The summed E-state index contributed by atoms with van der Waals surface area (Å²) in [6, 6.07) is 7.42. The van der Waals surface area contributed by atoms with Gasteiger partial charge < -0.3 is 9.72 Å². The van der Waals surface area contributed by atoms with Crippen LogP contribution in [0.3, 0.4) is 0 Å². The van der Waals surface area contributed by atoms with Gasteiger partial charge in [0.25, 0.3) is 0 Å². The van der Waals surface area contributed by atoms with Gasteiger partial charge in [-0.05, 0) is 19.4 Å². The average Bonchev–Trinajstić information content (AvgIpc) is 3.15. The van der Waals surface area contributed by atoms with E-state index in [1.54, 1.807) is 13.1 Å². The molecular formula is C17H19NO5S2. The number of sulfone groups is 1. The first kappa shape index (κ1) is 18.0. The van der Waals surface area contributed by atoms with Crippen LogP contribution in [-0.4, -0.2) is 53.8 Å². The predicted octanol–water partition coefficient (Wildman–Crippen LogP) is 2.20. The maximum absolute atomic E-state index is 12.5. The van der Waals surface area contributed by atoms with Crippen molar-refractivity contribution in [3.8, 4) is 0 Å². The minimum Gasteiger partial charge on any atom is -0.454 e. The number of nitrogens with one attached hydrogen (secondary N) is 1. The second-order valence-corrected chi connectivity index (χ2v) is 9.60. The van der Waals surface area contributed by atoms with E-state index >= 15 is 0 Å². The number of aromatic amines is 1. The third kappa shape index (κ3) is 4.24. The molecule has 8 heteroatoms. The second-order valence-electron chi connectivity index (χ2n) is 6.08. The smallest absolute Gasteiger partial charge is 0.316 e. The van der Waals surface area contributed by atoms with Crippen LogP contribution in [0.5, 0.6) is 0 Å². The van der Waals surface area contributed by atoms with E-state index in [-0.39, 0.29) is 28.3 Å². The topological polar surface area (TPSA) is 93.3 Å². The summed E-state index contributed by atoms with van der Waals surface area (Å²) in [4.78, 5) is 27.5. The van der Waals surface area contributed by atoms with Gasteiger partial charge in [0.15, 0.2) is 15.9 Å². The Morgan fingerprint density at radius 2 is 2.12 bits per heavy atom. The number of H-pyrrole nitrogens is 1. The zero-order chi connectivity index (χ0) is 18.0. The molecule has 0 saturated carbocycles. The Morgan fingerprint density at radius 3 is 2.84 bits per heavy atom. The van der Waals surface area contributed by atoms with Gasteiger partial charge in [0.2, 0.25) is 5.78 Å².